The van der Waals surface area contributed by atoms with Crippen LogP contribution in [0.3, 0.4) is 0 Å². The van der Waals surface area contributed by atoms with Crippen molar-refractivity contribution < 1.29 is 12.8 Å². The Hall–Kier alpha value is -2.08. The van der Waals surface area contributed by atoms with Gasteiger partial charge >= 0.3 is 0 Å². The molecular weight excluding hydrogens is 291 g/mol. The van der Waals surface area contributed by atoms with Crippen molar-refractivity contribution in [1.82, 2.24) is 0 Å². The first-order chi connectivity index (χ1) is 9.83. The van der Waals surface area contributed by atoms with Crippen LogP contribution in [0.4, 0.5) is 15.8 Å². The third-order valence-corrected chi connectivity index (χ3v) is 4.72. The van der Waals surface area contributed by atoms with E-state index >= 15 is 0 Å². The summed E-state index contributed by atoms with van der Waals surface area (Å²) in [7, 11) is -3.80. The molecule has 2 rings (SSSR count). The van der Waals surface area contributed by atoms with E-state index in [9.17, 15) is 12.8 Å². The number of nitrogens with one attached hydrogen (secondary N) is 1. The van der Waals surface area contributed by atoms with Gasteiger partial charge in [-0.3, -0.25) is 4.72 Å². The zero-order chi connectivity index (χ0) is 15.6. The second-order valence-electron chi connectivity index (χ2n) is 4.80. The molecule has 112 valence electrons. The number of nitrogen functional groups attached to an aromatic ring is 1. The molecule has 4 nitrogen and oxygen atoms in total. The van der Waals surface area contributed by atoms with Gasteiger partial charge in [0.2, 0.25) is 0 Å². The fourth-order valence-electron chi connectivity index (χ4n) is 1.98. The monoisotopic (exact) mass is 308 g/mol. The summed E-state index contributed by atoms with van der Waals surface area (Å²) < 4.78 is 40.5. The molecule has 2 aromatic rings. The highest BCUT2D eigenvalue weighted by molar-refractivity contribution is 7.92. The predicted octanol–water partition coefficient (Wildman–Crippen LogP) is 3.08. The normalized spacial score (nSPS) is 11.4. The van der Waals surface area contributed by atoms with E-state index in [1.54, 1.807) is 12.1 Å². The minimum Gasteiger partial charge on any atom is -0.396 e. The van der Waals surface area contributed by atoms with Crippen molar-refractivity contribution in [2.24, 2.45) is 0 Å². The van der Waals surface area contributed by atoms with Gasteiger partial charge < -0.3 is 5.73 Å². The quantitative estimate of drug-likeness (QED) is 0.853. The molecule has 0 bridgehead atoms. The number of rotatable bonds is 4. The first-order valence-corrected chi connectivity index (χ1v) is 7.99. The SMILES string of the molecule is CCc1ccc(NS(=O)(=O)c2cc(N)c(F)cc2C)cc1. The van der Waals surface area contributed by atoms with Gasteiger partial charge in [-0.25, -0.2) is 12.8 Å². The Morgan fingerprint density at radius 3 is 2.38 bits per heavy atom. The number of hydrogen-bond donors (Lipinski definition) is 2. The average Bonchev–Trinajstić information content (AvgIpc) is 2.43. The molecular formula is C15H17FN2O2S. The van der Waals surface area contributed by atoms with Gasteiger partial charge in [-0.1, -0.05) is 19.1 Å². The molecule has 0 heterocycles. The van der Waals surface area contributed by atoms with E-state index in [4.69, 9.17) is 5.73 Å². The molecule has 0 amide bonds. The molecule has 21 heavy (non-hydrogen) atoms. The molecule has 0 spiro atoms. The molecule has 0 aliphatic heterocycles. The van der Waals surface area contributed by atoms with Gasteiger partial charge in [-0.05, 0) is 48.7 Å². The Morgan fingerprint density at radius 2 is 1.81 bits per heavy atom. The van der Waals surface area contributed by atoms with Gasteiger partial charge in [-0.2, -0.15) is 0 Å². The third-order valence-electron chi connectivity index (χ3n) is 3.20. The smallest absolute Gasteiger partial charge is 0.262 e. The summed E-state index contributed by atoms with van der Waals surface area (Å²) in [4.78, 5) is -0.0269. The predicted molar refractivity (Wildman–Crippen MR) is 82.2 cm³/mol. The number of halogens is 1. The van der Waals surface area contributed by atoms with E-state index in [0.29, 0.717) is 11.3 Å². The molecule has 0 radical (unpaired) electrons. The summed E-state index contributed by atoms with van der Waals surface area (Å²) in [6.07, 6.45) is 0.876. The number of nitrogens with two attached hydrogens (primary N) is 1. The van der Waals surface area contributed by atoms with E-state index in [1.807, 2.05) is 19.1 Å². The van der Waals surface area contributed by atoms with Gasteiger partial charge in [0.15, 0.2) is 0 Å². The zero-order valence-electron chi connectivity index (χ0n) is 11.9. The Balaban J connectivity index is 2.35. The van der Waals surface area contributed by atoms with E-state index in [1.165, 1.54) is 6.92 Å². The van der Waals surface area contributed by atoms with Crippen molar-refractivity contribution in [2.45, 2.75) is 25.2 Å². The van der Waals surface area contributed by atoms with Crippen LogP contribution in [0.5, 0.6) is 0 Å². The lowest BCUT2D eigenvalue weighted by atomic mass is 10.2. The van der Waals surface area contributed by atoms with E-state index in [2.05, 4.69) is 4.72 Å². The van der Waals surface area contributed by atoms with Crippen LogP contribution in [0.2, 0.25) is 0 Å². The van der Waals surface area contributed by atoms with Crippen LogP contribution in [-0.2, 0) is 16.4 Å². The van der Waals surface area contributed by atoms with Gasteiger partial charge in [0.25, 0.3) is 10.0 Å². The molecule has 0 saturated carbocycles. The first kappa shape index (κ1) is 15.3. The molecule has 2 aromatic carbocycles. The zero-order valence-corrected chi connectivity index (χ0v) is 12.7. The molecule has 0 aromatic heterocycles. The lowest BCUT2D eigenvalue weighted by Gasteiger charge is -2.12. The van der Waals surface area contributed by atoms with E-state index in [-0.39, 0.29) is 10.6 Å². The lowest BCUT2D eigenvalue weighted by Crippen LogP contribution is -2.15. The Morgan fingerprint density at radius 1 is 1.19 bits per heavy atom. The molecule has 0 unspecified atom stereocenters. The van der Waals surface area contributed by atoms with Crippen LogP contribution >= 0.6 is 0 Å². The standard InChI is InChI=1S/C15H17FN2O2S/c1-3-11-4-6-12(7-5-11)18-21(19,20)15-9-14(17)13(16)8-10(15)2/h4-9,18H,3,17H2,1-2H3. The highest BCUT2D eigenvalue weighted by atomic mass is 32.2. The molecule has 0 aliphatic carbocycles. The Kier molecular flexibility index (Phi) is 4.18. The molecule has 0 atom stereocenters. The highest BCUT2D eigenvalue weighted by Crippen LogP contribution is 2.24. The van der Waals surface area contributed by atoms with Crippen LogP contribution < -0.4 is 10.5 Å². The van der Waals surface area contributed by atoms with E-state index < -0.39 is 15.8 Å². The maximum absolute atomic E-state index is 13.3. The molecule has 6 heteroatoms. The maximum atomic E-state index is 13.3. The fraction of sp³-hybridized carbons (Fsp3) is 0.200. The largest absolute Gasteiger partial charge is 0.396 e. The van der Waals surface area contributed by atoms with Crippen LogP contribution in [0, 0.1) is 12.7 Å². The molecule has 0 aliphatic rings. The number of aryl methyl sites for hydroxylation is 2. The highest BCUT2D eigenvalue weighted by Gasteiger charge is 2.19. The summed E-state index contributed by atoms with van der Waals surface area (Å²) >= 11 is 0. The van der Waals surface area contributed by atoms with Crippen LogP contribution in [0.15, 0.2) is 41.3 Å². The topological polar surface area (TPSA) is 72.2 Å². The van der Waals surface area contributed by atoms with Crippen molar-refractivity contribution in [3.63, 3.8) is 0 Å². The van der Waals surface area contributed by atoms with Crippen LogP contribution in [-0.4, -0.2) is 8.42 Å². The number of hydrogen-bond acceptors (Lipinski definition) is 3. The number of benzene rings is 2. The van der Waals surface area contributed by atoms with Crippen LogP contribution in [0.1, 0.15) is 18.1 Å². The average molecular weight is 308 g/mol. The second-order valence-corrected chi connectivity index (χ2v) is 6.45. The van der Waals surface area contributed by atoms with Gasteiger partial charge in [0.1, 0.15) is 5.82 Å². The molecule has 3 N–H and O–H groups in total. The van der Waals surface area contributed by atoms with Crippen molar-refractivity contribution in [3.05, 3.63) is 53.3 Å². The maximum Gasteiger partial charge on any atom is 0.262 e. The molecule has 0 saturated heterocycles. The van der Waals surface area contributed by atoms with Crippen molar-refractivity contribution in [2.75, 3.05) is 10.5 Å². The van der Waals surface area contributed by atoms with Crippen molar-refractivity contribution in [1.29, 1.82) is 0 Å². The van der Waals surface area contributed by atoms with Crippen molar-refractivity contribution in [3.8, 4) is 0 Å². The molecule has 0 fully saturated rings. The van der Waals surface area contributed by atoms with Gasteiger partial charge in [0.05, 0.1) is 10.6 Å². The Labute approximate surface area is 123 Å². The minimum absolute atomic E-state index is 0.0269. The fourth-order valence-corrected chi connectivity index (χ4v) is 3.30. The van der Waals surface area contributed by atoms with Crippen LogP contribution in [0.25, 0.3) is 0 Å². The van der Waals surface area contributed by atoms with Gasteiger partial charge in [-0.15, -0.1) is 0 Å². The first-order valence-electron chi connectivity index (χ1n) is 6.51. The lowest BCUT2D eigenvalue weighted by molar-refractivity contribution is 0.599. The summed E-state index contributed by atoms with van der Waals surface area (Å²) in [6.45, 7) is 3.54. The number of sulfonamides is 1. The minimum atomic E-state index is -3.80. The van der Waals surface area contributed by atoms with Crippen molar-refractivity contribution >= 4 is 21.4 Å². The summed E-state index contributed by atoms with van der Waals surface area (Å²) in [5, 5.41) is 0. The number of anilines is 2. The summed E-state index contributed by atoms with van der Waals surface area (Å²) in [5.74, 6) is -0.626. The Bertz CT molecular complexity index is 756. The second kappa shape index (κ2) is 5.73. The van der Waals surface area contributed by atoms with E-state index in [0.717, 1.165) is 24.1 Å². The van der Waals surface area contributed by atoms with Gasteiger partial charge in [0, 0.05) is 5.69 Å². The summed E-state index contributed by atoms with van der Waals surface area (Å²) in [6, 6.07) is 9.34. The summed E-state index contributed by atoms with van der Waals surface area (Å²) in [5.41, 5.74) is 7.13. The third kappa shape index (κ3) is 3.33.